The van der Waals surface area contributed by atoms with Crippen LogP contribution in [0.25, 0.3) is 0 Å². The molecule has 0 bridgehead atoms. The maximum absolute atomic E-state index is 12.0. The molecule has 0 aromatic heterocycles. The van der Waals surface area contributed by atoms with Crippen LogP contribution in [0.2, 0.25) is 5.02 Å². The Balaban J connectivity index is 1.73. The van der Waals surface area contributed by atoms with Gasteiger partial charge >= 0.3 is 0 Å². The third-order valence-corrected chi connectivity index (χ3v) is 4.06. The lowest BCUT2D eigenvalue weighted by molar-refractivity contribution is -0.139. The molecule has 2 N–H and O–H groups in total. The van der Waals surface area contributed by atoms with Crippen LogP contribution in [0.15, 0.2) is 24.3 Å². The SMILES string of the molecule is NC(=O)C1CCN(C(=O)COCc2ccccc2Cl)CC1. The molecular formula is C15H19ClN2O3. The first-order valence-electron chi connectivity index (χ1n) is 6.96. The zero-order valence-electron chi connectivity index (χ0n) is 11.8. The lowest BCUT2D eigenvalue weighted by Crippen LogP contribution is -2.43. The Bertz CT molecular complexity index is 513. The minimum atomic E-state index is -0.280. The highest BCUT2D eigenvalue weighted by molar-refractivity contribution is 6.31. The summed E-state index contributed by atoms with van der Waals surface area (Å²) >= 11 is 6.01. The molecule has 1 saturated heterocycles. The number of amides is 2. The van der Waals surface area contributed by atoms with E-state index in [-0.39, 0.29) is 24.3 Å². The van der Waals surface area contributed by atoms with Gasteiger partial charge in [-0.2, -0.15) is 0 Å². The van der Waals surface area contributed by atoms with Gasteiger partial charge in [0.05, 0.1) is 6.61 Å². The number of nitrogens with two attached hydrogens (primary N) is 1. The summed E-state index contributed by atoms with van der Waals surface area (Å²) in [6.07, 6.45) is 1.26. The first kappa shape index (κ1) is 15.8. The maximum atomic E-state index is 12.0. The minimum absolute atomic E-state index is 0.0203. The van der Waals surface area contributed by atoms with Gasteiger partial charge in [-0.1, -0.05) is 29.8 Å². The van der Waals surface area contributed by atoms with Gasteiger partial charge in [-0.3, -0.25) is 9.59 Å². The zero-order chi connectivity index (χ0) is 15.2. The van der Waals surface area contributed by atoms with Crippen LogP contribution in [0.5, 0.6) is 0 Å². The maximum Gasteiger partial charge on any atom is 0.248 e. The van der Waals surface area contributed by atoms with E-state index in [2.05, 4.69) is 0 Å². The number of rotatable bonds is 5. The van der Waals surface area contributed by atoms with Crippen LogP contribution in [0.1, 0.15) is 18.4 Å². The predicted molar refractivity (Wildman–Crippen MR) is 79.6 cm³/mol. The summed E-state index contributed by atoms with van der Waals surface area (Å²) in [6, 6.07) is 7.38. The molecule has 114 valence electrons. The van der Waals surface area contributed by atoms with Gasteiger partial charge < -0.3 is 15.4 Å². The number of nitrogens with zero attached hydrogens (tertiary/aromatic N) is 1. The molecular weight excluding hydrogens is 292 g/mol. The predicted octanol–water partition coefficient (Wildman–Crippen LogP) is 1.58. The van der Waals surface area contributed by atoms with E-state index >= 15 is 0 Å². The molecule has 1 heterocycles. The fourth-order valence-corrected chi connectivity index (χ4v) is 2.56. The topological polar surface area (TPSA) is 72.6 Å². The van der Waals surface area contributed by atoms with Crippen molar-refractivity contribution in [2.45, 2.75) is 19.4 Å². The smallest absolute Gasteiger partial charge is 0.248 e. The number of ether oxygens (including phenoxy) is 1. The standard InChI is InChI=1S/C15H19ClN2O3/c16-13-4-2-1-3-12(13)9-21-10-14(19)18-7-5-11(6-8-18)15(17)20/h1-4,11H,5-10H2,(H2,17,20). The molecule has 5 nitrogen and oxygen atoms in total. The van der Waals surface area contributed by atoms with Crippen molar-refractivity contribution in [3.8, 4) is 0 Å². The van der Waals surface area contributed by atoms with Crippen molar-refractivity contribution in [2.24, 2.45) is 11.7 Å². The van der Waals surface area contributed by atoms with Gasteiger partial charge in [0.15, 0.2) is 0 Å². The van der Waals surface area contributed by atoms with E-state index in [9.17, 15) is 9.59 Å². The normalized spacial score (nSPS) is 16.0. The Morgan fingerprint density at radius 3 is 2.57 bits per heavy atom. The Morgan fingerprint density at radius 1 is 1.29 bits per heavy atom. The molecule has 1 aromatic carbocycles. The van der Waals surface area contributed by atoms with E-state index in [1.807, 2.05) is 18.2 Å². The van der Waals surface area contributed by atoms with E-state index in [0.717, 1.165) is 5.56 Å². The number of hydrogen-bond acceptors (Lipinski definition) is 3. The number of piperidine rings is 1. The quantitative estimate of drug-likeness (QED) is 0.897. The molecule has 0 saturated carbocycles. The summed E-state index contributed by atoms with van der Waals surface area (Å²) < 4.78 is 5.42. The largest absolute Gasteiger partial charge is 0.369 e. The van der Waals surface area contributed by atoms with Crippen molar-refractivity contribution < 1.29 is 14.3 Å². The molecule has 0 spiro atoms. The van der Waals surface area contributed by atoms with Crippen molar-refractivity contribution >= 4 is 23.4 Å². The van der Waals surface area contributed by atoms with Gasteiger partial charge in [-0.05, 0) is 24.5 Å². The Hall–Kier alpha value is -1.59. The van der Waals surface area contributed by atoms with Gasteiger partial charge in [0.2, 0.25) is 11.8 Å². The van der Waals surface area contributed by atoms with E-state index < -0.39 is 0 Å². The fraction of sp³-hybridized carbons (Fsp3) is 0.467. The van der Waals surface area contributed by atoms with Crippen LogP contribution in [0.3, 0.4) is 0 Å². The van der Waals surface area contributed by atoms with Crippen LogP contribution in [0.4, 0.5) is 0 Å². The number of hydrogen-bond donors (Lipinski definition) is 1. The molecule has 1 aliphatic heterocycles. The van der Waals surface area contributed by atoms with Gasteiger partial charge in [0.1, 0.15) is 6.61 Å². The average Bonchev–Trinajstić information content (AvgIpc) is 2.49. The summed E-state index contributed by atoms with van der Waals surface area (Å²) in [7, 11) is 0. The second-order valence-corrected chi connectivity index (χ2v) is 5.55. The van der Waals surface area contributed by atoms with Gasteiger partial charge in [-0.25, -0.2) is 0 Å². The molecule has 2 amide bonds. The molecule has 21 heavy (non-hydrogen) atoms. The van der Waals surface area contributed by atoms with E-state index in [1.165, 1.54) is 0 Å². The lowest BCUT2D eigenvalue weighted by atomic mass is 9.96. The van der Waals surface area contributed by atoms with Crippen molar-refractivity contribution in [2.75, 3.05) is 19.7 Å². The molecule has 0 radical (unpaired) electrons. The minimum Gasteiger partial charge on any atom is -0.369 e. The van der Waals surface area contributed by atoms with Crippen LogP contribution in [-0.2, 0) is 20.9 Å². The van der Waals surface area contributed by atoms with E-state index in [0.29, 0.717) is 37.6 Å². The molecule has 1 fully saturated rings. The zero-order valence-corrected chi connectivity index (χ0v) is 12.5. The van der Waals surface area contributed by atoms with E-state index in [1.54, 1.807) is 11.0 Å². The number of likely N-dealkylation sites (tertiary alicyclic amines) is 1. The van der Waals surface area contributed by atoms with Gasteiger partial charge in [-0.15, -0.1) is 0 Å². The van der Waals surface area contributed by atoms with Crippen LogP contribution in [0, 0.1) is 5.92 Å². The molecule has 2 rings (SSSR count). The monoisotopic (exact) mass is 310 g/mol. The number of carbonyl (C=O) groups is 2. The Kier molecular flexibility index (Phi) is 5.59. The second-order valence-electron chi connectivity index (χ2n) is 5.14. The average molecular weight is 311 g/mol. The molecule has 6 heteroatoms. The Labute approximate surface area is 129 Å². The Morgan fingerprint density at radius 2 is 1.95 bits per heavy atom. The van der Waals surface area contributed by atoms with Gasteiger partial charge in [0, 0.05) is 24.0 Å². The summed E-state index contributed by atoms with van der Waals surface area (Å²) in [4.78, 5) is 24.8. The van der Waals surface area contributed by atoms with Crippen molar-refractivity contribution in [1.29, 1.82) is 0 Å². The summed E-state index contributed by atoms with van der Waals surface area (Å²) in [5.41, 5.74) is 6.13. The third kappa shape index (κ3) is 4.44. The molecule has 1 aromatic rings. The van der Waals surface area contributed by atoms with Crippen molar-refractivity contribution in [3.05, 3.63) is 34.9 Å². The summed E-state index contributed by atoms with van der Waals surface area (Å²) in [6.45, 7) is 1.44. The number of primary amides is 1. The van der Waals surface area contributed by atoms with Crippen LogP contribution in [-0.4, -0.2) is 36.4 Å². The highest BCUT2D eigenvalue weighted by Gasteiger charge is 2.25. The second kappa shape index (κ2) is 7.43. The van der Waals surface area contributed by atoms with Crippen molar-refractivity contribution in [1.82, 2.24) is 4.90 Å². The molecule has 0 aliphatic carbocycles. The summed E-state index contributed by atoms with van der Waals surface area (Å²) in [5.74, 6) is -0.458. The molecule has 0 atom stereocenters. The number of carbonyl (C=O) groups excluding carboxylic acids is 2. The van der Waals surface area contributed by atoms with Crippen molar-refractivity contribution in [3.63, 3.8) is 0 Å². The summed E-state index contributed by atoms with van der Waals surface area (Å²) in [5, 5.41) is 0.632. The first-order valence-corrected chi connectivity index (χ1v) is 7.34. The van der Waals surface area contributed by atoms with Gasteiger partial charge in [0.25, 0.3) is 0 Å². The highest BCUT2D eigenvalue weighted by atomic mass is 35.5. The van der Waals surface area contributed by atoms with Crippen LogP contribution < -0.4 is 5.73 Å². The highest BCUT2D eigenvalue weighted by Crippen LogP contribution is 2.18. The van der Waals surface area contributed by atoms with Crippen LogP contribution >= 0.6 is 11.6 Å². The molecule has 1 aliphatic rings. The lowest BCUT2D eigenvalue weighted by Gasteiger charge is -2.30. The number of benzene rings is 1. The fourth-order valence-electron chi connectivity index (χ4n) is 2.37. The first-order chi connectivity index (χ1) is 10.1. The van der Waals surface area contributed by atoms with E-state index in [4.69, 9.17) is 22.1 Å². The molecule has 0 unspecified atom stereocenters. The number of halogens is 1. The third-order valence-electron chi connectivity index (χ3n) is 3.69.